The number of benzene rings is 1. The van der Waals surface area contributed by atoms with Gasteiger partial charge < -0.3 is 15.2 Å². The standard InChI is InChI=1S/C13H17ClN4O/c1-3-17(4-2)11(19)8-18-10-7-5-6-9(14)12(10)16-13(18)15/h5-7H,3-4,8H2,1-2H3,(H2,15,16). The highest BCUT2D eigenvalue weighted by molar-refractivity contribution is 6.35. The molecule has 0 spiro atoms. The lowest BCUT2D eigenvalue weighted by atomic mass is 10.3. The van der Waals surface area contributed by atoms with Crippen LogP contribution in [0.1, 0.15) is 13.8 Å². The molecule has 1 aromatic carbocycles. The highest BCUT2D eigenvalue weighted by Gasteiger charge is 2.16. The third-order valence-electron chi connectivity index (χ3n) is 3.17. The number of nitrogens with two attached hydrogens (primary N) is 1. The Balaban J connectivity index is 2.38. The van der Waals surface area contributed by atoms with Gasteiger partial charge >= 0.3 is 0 Å². The van der Waals surface area contributed by atoms with Gasteiger partial charge in [-0.15, -0.1) is 0 Å². The van der Waals surface area contributed by atoms with Crippen molar-refractivity contribution >= 4 is 34.5 Å². The van der Waals surface area contributed by atoms with Crippen LogP contribution in [0, 0.1) is 0 Å². The van der Waals surface area contributed by atoms with Crippen molar-refractivity contribution in [1.82, 2.24) is 14.5 Å². The molecule has 6 heteroatoms. The predicted octanol–water partition coefficient (Wildman–Crippen LogP) is 2.14. The lowest BCUT2D eigenvalue weighted by Gasteiger charge is -2.19. The molecule has 0 aliphatic rings. The molecule has 1 amide bonds. The van der Waals surface area contributed by atoms with Gasteiger partial charge in [0.1, 0.15) is 12.1 Å². The van der Waals surface area contributed by atoms with Crippen LogP contribution in [0.4, 0.5) is 5.95 Å². The summed E-state index contributed by atoms with van der Waals surface area (Å²) in [6.45, 7) is 5.46. The van der Waals surface area contributed by atoms with Crippen molar-refractivity contribution in [3.05, 3.63) is 23.2 Å². The van der Waals surface area contributed by atoms with E-state index in [9.17, 15) is 4.79 Å². The van der Waals surface area contributed by atoms with Crippen molar-refractivity contribution < 1.29 is 4.79 Å². The number of likely N-dealkylation sites (N-methyl/N-ethyl adjacent to an activating group) is 1. The maximum atomic E-state index is 12.1. The maximum Gasteiger partial charge on any atom is 0.242 e. The van der Waals surface area contributed by atoms with Crippen molar-refractivity contribution in [2.24, 2.45) is 0 Å². The molecule has 2 aromatic rings. The molecule has 1 heterocycles. The Morgan fingerprint density at radius 1 is 1.42 bits per heavy atom. The summed E-state index contributed by atoms with van der Waals surface area (Å²) in [5.41, 5.74) is 7.29. The van der Waals surface area contributed by atoms with E-state index in [1.807, 2.05) is 26.0 Å². The second kappa shape index (κ2) is 5.48. The van der Waals surface area contributed by atoms with Crippen molar-refractivity contribution in [3.8, 4) is 0 Å². The fourth-order valence-corrected chi connectivity index (χ4v) is 2.32. The Morgan fingerprint density at radius 3 is 2.74 bits per heavy atom. The largest absolute Gasteiger partial charge is 0.369 e. The van der Waals surface area contributed by atoms with Crippen molar-refractivity contribution in [2.75, 3.05) is 18.8 Å². The first kappa shape index (κ1) is 13.7. The van der Waals surface area contributed by atoms with Crippen LogP contribution >= 0.6 is 11.6 Å². The SMILES string of the molecule is CCN(CC)C(=O)Cn1c(N)nc2c(Cl)cccc21. The fraction of sp³-hybridized carbons (Fsp3) is 0.385. The molecule has 19 heavy (non-hydrogen) atoms. The van der Waals surface area contributed by atoms with Crippen LogP contribution in [0.5, 0.6) is 0 Å². The van der Waals surface area contributed by atoms with Gasteiger partial charge in [0.15, 0.2) is 0 Å². The van der Waals surface area contributed by atoms with Gasteiger partial charge in [-0.2, -0.15) is 0 Å². The number of carbonyl (C=O) groups excluding carboxylic acids is 1. The van der Waals surface area contributed by atoms with Crippen molar-refractivity contribution in [2.45, 2.75) is 20.4 Å². The van der Waals surface area contributed by atoms with Gasteiger partial charge in [0.05, 0.1) is 10.5 Å². The molecule has 0 aliphatic carbocycles. The normalized spacial score (nSPS) is 10.9. The van der Waals surface area contributed by atoms with Gasteiger partial charge in [-0.3, -0.25) is 4.79 Å². The Hall–Kier alpha value is -1.75. The molecule has 102 valence electrons. The van der Waals surface area contributed by atoms with Gasteiger partial charge in [-0.05, 0) is 26.0 Å². The Kier molecular flexibility index (Phi) is 3.95. The van der Waals surface area contributed by atoms with Gasteiger partial charge in [0, 0.05) is 13.1 Å². The van der Waals surface area contributed by atoms with Crippen molar-refractivity contribution in [3.63, 3.8) is 0 Å². The number of hydrogen-bond donors (Lipinski definition) is 1. The van der Waals surface area contributed by atoms with E-state index in [1.54, 1.807) is 15.5 Å². The van der Waals surface area contributed by atoms with Crippen LogP contribution in [0.25, 0.3) is 11.0 Å². The number of amides is 1. The number of rotatable bonds is 4. The summed E-state index contributed by atoms with van der Waals surface area (Å²) in [7, 11) is 0. The summed E-state index contributed by atoms with van der Waals surface area (Å²) >= 11 is 6.07. The zero-order valence-electron chi connectivity index (χ0n) is 11.1. The fourth-order valence-electron chi connectivity index (χ4n) is 2.11. The molecule has 2 N–H and O–H groups in total. The van der Waals surface area contributed by atoms with E-state index in [0.717, 1.165) is 5.52 Å². The number of carbonyl (C=O) groups is 1. The first-order chi connectivity index (χ1) is 9.08. The van der Waals surface area contributed by atoms with Gasteiger partial charge in [0.2, 0.25) is 11.9 Å². The molecular formula is C13H17ClN4O. The van der Waals surface area contributed by atoms with E-state index in [4.69, 9.17) is 17.3 Å². The van der Waals surface area contributed by atoms with Crippen molar-refractivity contribution in [1.29, 1.82) is 0 Å². The van der Waals surface area contributed by atoms with E-state index in [-0.39, 0.29) is 12.5 Å². The molecule has 2 rings (SSSR count). The molecule has 0 fully saturated rings. The summed E-state index contributed by atoms with van der Waals surface area (Å²) in [5.74, 6) is 0.333. The number of imidazole rings is 1. The van der Waals surface area contributed by atoms with E-state index in [2.05, 4.69) is 4.98 Å². The van der Waals surface area contributed by atoms with Crippen LogP contribution in [0.3, 0.4) is 0 Å². The second-order valence-electron chi connectivity index (χ2n) is 4.23. The first-order valence-corrected chi connectivity index (χ1v) is 6.64. The van der Waals surface area contributed by atoms with Gasteiger partial charge in [-0.25, -0.2) is 4.98 Å². The quantitative estimate of drug-likeness (QED) is 0.933. The highest BCUT2D eigenvalue weighted by Crippen LogP contribution is 2.24. The lowest BCUT2D eigenvalue weighted by Crippen LogP contribution is -2.33. The van der Waals surface area contributed by atoms with E-state index in [0.29, 0.717) is 29.6 Å². The number of fused-ring (bicyclic) bond motifs is 1. The molecule has 1 aromatic heterocycles. The number of aromatic nitrogens is 2. The number of halogens is 1. The van der Waals surface area contributed by atoms with Gasteiger partial charge in [-0.1, -0.05) is 17.7 Å². The molecule has 0 saturated heterocycles. The minimum absolute atomic E-state index is 0.0241. The number of para-hydroxylation sites is 1. The summed E-state index contributed by atoms with van der Waals surface area (Å²) in [6, 6.07) is 5.44. The van der Waals surface area contributed by atoms with Crippen LogP contribution in [-0.2, 0) is 11.3 Å². The first-order valence-electron chi connectivity index (χ1n) is 6.26. The van der Waals surface area contributed by atoms with E-state index in [1.165, 1.54) is 0 Å². The Labute approximate surface area is 117 Å². The van der Waals surface area contributed by atoms with Gasteiger partial charge in [0.25, 0.3) is 0 Å². The van der Waals surface area contributed by atoms with E-state index >= 15 is 0 Å². The molecule has 0 bridgehead atoms. The maximum absolute atomic E-state index is 12.1. The minimum atomic E-state index is 0.0241. The average Bonchev–Trinajstić information content (AvgIpc) is 2.70. The summed E-state index contributed by atoms with van der Waals surface area (Å²) in [6.07, 6.45) is 0. The third kappa shape index (κ3) is 2.51. The number of nitrogen functional groups attached to an aromatic ring is 1. The Morgan fingerprint density at radius 2 is 2.11 bits per heavy atom. The van der Waals surface area contributed by atoms with Crippen LogP contribution < -0.4 is 5.73 Å². The third-order valence-corrected chi connectivity index (χ3v) is 3.47. The monoisotopic (exact) mass is 280 g/mol. The number of anilines is 1. The van der Waals surface area contributed by atoms with Crippen LogP contribution in [0.15, 0.2) is 18.2 Å². The van der Waals surface area contributed by atoms with E-state index < -0.39 is 0 Å². The highest BCUT2D eigenvalue weighted by atomic mass is 35.5. The molecule has 0 atom stereocenters. The molecular weight excluding hydrogens is 264 g/mol. The average molecular weight is 281 g/mol. The summed E-state index contributed by atoms with van der Waals surface area (Å²) in [5, 5.41) is 0.540. The zero-order valence-corrected chi connectivity index (χ0v) is 11.8. The molecule has 0 radical (unpaired) electrons. The van der Waals surface area contributed by atoms with Crippen LogP contribution in [0.2, 0.25) is 5.02 Å². The number of nitrogens with zero attached hydrogens (tertiary/aromatic N) is 3. The zero-order chi connectivity index (χ0) is 14.0. The Bertz CT molecular complexity index is 604. The lowest BCUT2D eigenvalue weighted by molar-refractivity contribution is -0.131. The van der Waals surface area contributed by atoms with Crippen LogP contribution in [-0.4, -0.2) is 33.4 Å². The minimum Gasteiger partial charge on any atom is -0.369 e. The topological polar surface area (TPSA) is 64.2 Å². The molecule has 0 aliphatic heterocycles. The molecule has 0 saturated carbocycles. The summed E-state index contributed by atoms with van der Waals surface area (Å²) in [4.78, 5) is 18.1. The predicted molar refractivity (Wildman–Crippen MR) is 77.1 cm³/mol. The smallest absolute Gasteiger partial charge is 0.242 e. The summed E-state index contributed by atoms with van der Waals surface area (Å²) < 4.78 is 1.70. The second-order valence-corrected chi connectivity index (χ2v) is 4.64. The molecule has 0 unspecified atom stereocenters. The molecule has 5 nitrogen and oxygen atoms in total. The number of hydrogen-bond acceptors (Lipinski definition) is 3.